The number of aryl methyl sites for hydroxylation is 6. The molecule has 0 radical (unpaired) electrons. The van der Waals surface area contributed by atoms with Gasteiger partial charge in [-0.25, -0.2) is 38.9 Å². The Morgan fingerprint density at radius 2 is 0.797 bits per heavy atom. The number of fused-ring (bicyclic) bond motifs is 10. The Morgan fingerprint density at radius 1 is 0.362 bits per heavy atom. The van der Waals surface area contributed by atoms with Crippen molar-refractivity contribution < 1.29 is 22.1 Å². The fourth-order valence-corrected chi connectivity index (χ4v) is 19.0. The van der Waals surface area contributed by atoms with Crippen LogP contribution >= 0.6 is 0 Å². The van der Waals surface area contributed by atoms with E-state index in [0.717, 1.165) is 227 Å². The average molecular weight is 1850 g/mol. The summed E-state index contributed by atoms with van der Waals surface area (Å²) < 4.78 is 38.0. The summed E-state index contributed by atoms with van der Waals surface area (Å²) in [5, 5.41) is 28.3. The van der Waals surface area contributed by atoms with E-state index in [1.165, 1.54) is 0 Å². The van der Waals surface area contributed by atoms with Crippen molar-refractivity contribution in [2.24, 2.45) is 0 Å². The van der Waals surface area contributed by atoms with Crippen molar-refractivity contribution in [2.45, 2.75) is 92.4 Å². The van der Waals surface area contributed by atoms with E-state index in [2.05, 4.69) is 119 Å². The molecule has 0 amide bonds. The van der Waals surface area contributed by atoms with Crippen LogP contribution in [0, 0.1) is 41.5 Å². The largest absolute Gasteiger partial charge is 0.422 e. The van der Waals surface area contributed by atoms with E-state index >= 15 is 0 Å². The van der Waals surface area contributed by atoms with Crippen LogP contribution in [0.5, 0.6) is 0 Å². The average Bonchev–Trinajstić information content (AvgIpc) is 1.47. The monoisotopic (exact) mass is 1840 g/mol. The van der Waals surface area contributed by atoms with Gasteiger partial charge in [-0.2, -0.15) is 0 Å². The predicted molar refractivity (Wildman–Crippen MR) is 542 cm³/mol. The normalized spacial score (nSPS) is 16.8. The van der Waals surface area contributed by atoms with Gasteiger partial charge in [0, 0.05) is 273 Å². The molecule has 5 saturated heterocycles. The van der Waals surface area contributed by atoms with E-state index in [1.807, 2.05) is 259 Å². The van der Waals surface area contributed by atoms with Crippen LogP contribution in [0.1, 0.15) is 60.9 Å². The molecule has 698 valence electrons. The van der Waals surface area contributed by atoms with Crippen molar-refractivity contribution in [3.05, 3.63) is 312 Å². The predicted octanol–water partition coefficient (Wildman–Crippen LogP) is 14.7. The smallest absolute Gasteiger partial charge is 0.345 e. The lowest BCUT2D eigenvalue weighted by Gasteiger charge is -2.33. The molecule has 138 heavy (non-hydrogen) atoms. The SMILES string of the molecule is C[C@H]1CN(c2ccc3cc(-c4cc5ccccn5c4)c(=O)oc3c2)CCN1.Cc1cn2cc(-c3cc4ccc(N5CCNCC5)cc4oc3=O)nc2cn1.Cc1cn2cc(-c3cc4ccc(N[C@@H]5CCNC5)cc4oc3=O)nc2c(C)n1.Cc1cn2cc(-c3cc4ccc(N[C@H]5CCNC5)cc4oc3=O)nc2c(C)n1.Cc1nccn2cc(-c3cc4ccc(N5CCN[C@@H](C)C5)cc4oc3=O)cc12. The van der Waals surface area contributed by atoms with Crippen LogP contribution < -0.4 is 80.0 Å². The van der Waals surface area contributed by atoms with Gasteiger partial charge in [0.25, 0.3) is 0 Å². The van der Waals surface area contributed by atoms with Gasteiger partial charge in [0.05, 0.1) is 90.8 Å². The molecule has 32 nitrogen and oxygen atoms in total. The van der Waals surface area contributed by atoms with Gasteiger partial charge in [-0.1, -0.05) is 6.07 Å². The number of aromatic nitrogens is 12. The van der Waals surface area contributed by atoms with E-state index in [4.69, 9.17) is 22.1 Å². The zero-order valence-electron chi connectivity index (χ0n) is 77.8. The first-order chi connectivity index (χ1) is 67.0. The third-order valence-corrected chi connectivity index (χ3v) is 26.0. The Labute approximate surface area is 790 Å². The molecule has 4 atom stereocenters. The fraction of sp³-hybridized carbons (Fsp3) is 0.264. The molecule has 0 saturated carbocycles. The Balaban J connectivity index is 0.000000103. The van der Waals surface area contributed by atoms with Crippen LogP contribution in [0.4, 0.5) is 28.4 Å². The van der Waals surface area contributed by atoms with Gasteiger partial charge in [-0.15, -0.1) is 0 Å². The van der Waals surface area contributed by atoms with Crippen LogP contribution in [0.25, 0.3) is 139 Å². The van der Waals surface area contributed by atoms with Gasteiger partial charge in [0.1, 0.15) is 27.9 Å². The summed E-state index contributed by atoms with van der Waals surface area (Å²) in [6.07, 6.45) is 24.6. The van der Waals surface area contributed by atoms with Gasteiger partial charge in [0.15, 0.2) is 16.9 Å². The minimum absolute atomic E-state index is 0.302. The molecule has 0 aliphatic carbocycles. The van der Waals surface area contributed by atoms with Crippen molar-refractivity contribution in [3.63, 3.8) is 0 Å². The van der Waals surface area contributed by atoms with Crippen molar-refractivity contribution in [2.75, 3.05) is 117 Å². The molecule has 0 spiro atoms. The number of benzene rings is 5. The molecule has 5 aliphatic heterocycles. The number of pyridine rings is 1. The maximum Gasteiger partial charge on any atom is 0.345 e. The Kier molecular flexibility index (Phi) is 24.4. The van der Waals surface area contributed by atoms with Gasteiger partial charge >= 0.3 is 28.1 Å². The third kappa shape index (κ3) is 18.8. The molecule has 5 aliphatic rings. The van der Waals surface area contributed by atoms with E-state index < -0.39 is 11.3 Å². The second kappa shape index (κ2) is 37.8. The van der Waals surface area contributed by atoms with Gasteiger partial charge in [-0.05, 0) is 197 Å². The zero-order chi connectivity index (χ0) is 94.5. The van der Waals surface area contributed by atoms with Crippen molar-refractivity contribution in [3.8, 4) is 56.0 Å². The second-order valence-corrected chi connectivity index (χ2v) is 36.3. The van der Waals surface area contributed by atoms with Crippen LogP contribution in [0.15, 0.2) is 272 Å². The van der Waals surface area contributed by atoms with Crippen molar-refractivity contribution in [1.29, 1.82) is 0 Å². The number of imidazole rings is 3. The van der Waals surface area contributed by atoms with Gasteiger partial charge in [0.2, 0.25) is 0 Å². The highest BCUT2D eigenvalue weighted by molar-refractivity contribution is 5.90. The first kappa shape index (κ1) is 88.8. The van der Waals surface area contributed by atoms with Crippen molar-refractivity contribution >= 4 is 111 Å². The molecule has 25 rings (SSSR count). The lowest BCUT2D eigenvalue weighted by atomic mass is 10.1. The number of hydrogen-bond acceptors (Lipinski definition) is 27. The number of nitrogens with zero attached hydrogens (tertiary/aromatic N) is 15. The van der Waals surface area contributed by atoms with Crippen molar-refractivity contribution in [1.82, 2.24) is 83.5 Å². The summed E-state index contributed by atoms with van der Waals surface area (Å²) >= 11 is 0. The zero-order valence-corrected chi connectivity index (χ0v) is 77.8. The van der Waals surface area contributed by atoms with E-state index in [9.17, 15) is 24.0 Å². The number of nitrogens with one attached hydrogen (secondary N) is 7. The maximum atomic E-state index is 12.7. The Morgan fingerprint density at radius 3 is 1.28 bits per heavy atom. The van der Waals surface area contributed by atoms with Crippen LogP contribution in [-0.2, 0) is 0 Å². The highest BCUT2D eigenvalue weighted by atomic mass is 16.4. The lowest BCUT2D eigenvalue weighted by Crippen LogP contribution is -2.49. The maximum absolute atomic E-state index is 12.7. The molecule has 20 aromatic rings. The third-order valence-electron chi connectivity index (χ3n) is 26.0. The minimum Gasteiger partial charge on any atom is -0.422 e. The number of anilines is 5. The second-order valence-electron chi connectivity index (χ2n) is 36.3. The molecule has 20 heterocycles. The Hall–Kier alpha value is -15.7. The lowest BCUT2D eigenvalue weighted by molar-refractivity contribution is 0.484. The first-order valence-electron chi connectivity index (χ1n) is 46.8. The standard InChI is InChI=1S/C22H22N4O2.C22H21N3O2.2C21H21N5O2.C20H19N5O2/c1-14-12-25(7-5-23-14)18-4-3-16-9-19(22(27)28-21(16)11-18)17-10-20-15(2)24-6-8-26(20)13-17;1-15-13-25(9-7-23-15)19-6-5-16-11-20(22(26)27-21(16)12-19)17-10-18-4-2-3-8-24(18)14-17;2*1-12-10-26-11-18(25-20(26)13(2)23-12)17-7-14-3-4-15(8-19(14)28-21(17)27)24-16-5-6-22-9-16;1-13-11-25-12-17(23-19(25)10-22-13)16-8-14-2-3-15(9-18(14)27-20(16)26)24-6-4-21-5-7-24/h3-4,6,8-11,13-14,23H,5,7,12H2,1-2H3;2-6,8,10-12,14-15,23H,7,9,13H2,1H3;2*3-4,7-8,10-11,16,22,24H,5-6,9H2,1-2H3;2-3,8-12,21H,4-7H2,1H3/t14-;15-;2*16-;/m0010./s1. The van der Waals surface area contributed by atoms with Crippen LogP contribution in [0.3, 0.4) is 0 Å². The summed E-state index contributed by atoms with van der Waals surface area (Å²) in [6, 6.07) is 51.1. The van der Waals surface area contributed by atoms with E-state index in [1.54, 1.807) is 12.4 Å². The molecular formula is C106H104N22O10. The molecule has 5 aromatic carbocycles. The summed E-state index contributed by atoms with van der Waals surface area (Å²) in [6.45, 7) is 29.4. The summed E-state index contributed by atoms with van der Waals surface area (Å²) in [7, 11) is 0. The molecule has 0 unspecified atom stereocenters. The molecule has 5 fully saturated rings. The van der Waals surface area contributed by atoms with Gasteiger partial charge in [-0.3, -0.25) is 19.9 Å². The van der Waals surface area contributed by atoms with Crippen LogP contribution in [0.2, 0.25) is 0 Å². The molecule has 7 N–H and O–H groups in total. The number of rotatable bonds is 12. The first-order valence-corrected chi connectivity index (χ1v) is 46.8. The molecule has 15 aromatic heterocycles. The topological polar surface area (TPSA) is 357 Å². The summed E-state index contributed by atoms with van der Waals surface area (Å²) in [5.41, 5.74) is 21.9. The molecular weight excluding hydrogens is 1740 g/mol. The van der Waals surface area contributed by atoms with E-state index in [0.29, 0.717) is 103 Å². The fourth-order valence-electron chi connectivity index (χ4n) is 19.0. The number of piperazine rings is 3. The highest BCUT2D eigenvalue weighted by Gasteiger charge is 2.25. The summed E-state index contributed by atoms with van der Waals surface area (Å²) in [4.78, 5) is 101. The highest BCUT2D eigenvalue weighted by Crippen LogP contribution is 2.34. The summed E-state index contributed by atoms with van der Waals surface area (Å²) in [5.74, 6) is 0. The molecule has 0 bridgehead atoms. The number of hydrogen-bond donors (Lipinski definition) is 7. The van der Waals surface area contributed by atoms with E-state index in [-0.39, 0.29) is 16.9 Å². The van der Waals surface area contributed by atoms with Crippen LogP contribution in [-0.4, -0.2) is 173 Å². The minimum atomic E-state index is -0.391. The Bertz CT molecular complexity index is 8160. The quantitative estimate of drug-likeness (QED) is 0.0559. The van der Waals surface area contributed by atoms with Gasteiger partial charge < -0.3 is 96.0 Å². The molecule has 32 heteroatoms.